The van der Waals surface area contributed by atoms with Gasteiger partial charge in [-0.15, -0.1) is 5.10 Å². The number of ether oxygens (including phenoxy) is 1. The molecular weight excluding hydrogens is 412 g/mol. The molecule has 0 unspecified atom stereocenters. The van der Waals surface area contributed by atoms with E-state index in [0.717, 1.165) is 15.2 Å². The van der Waals surface area contributed by atoms with Crippen LogP contribution in [-0.4, -0.2) is 53.9 Å². The maximum atomic E-state index is 12.6. The summed E-state index contributed by atoms with van der Waals surface area (Å²) in [4.78, 5) is 24.5. The Bertz CT molecular complexity index is 1220. The number of methoxy groups -OCH3 is 1. The molecule has 0 radical (unpaired) electrons. The average Bonchev–Trinajstić information content (AvgIpc) is 2.71. The molecule has 30 heavy (non-hydrogen) atoms. The van der Waals surface area contributed by atoms with Gasteiger partial charge in [0.25, 0.3) is 5.56 Å². The van der Waals surface area contributed by atoms with E-state index in [1.165, 1.54) is 31.4 Å². The minimum Gasteiger partial charge on any atom is -0.497 e. The minimum absolute atomic E-state index is 0.129. The van der Waals surface area contributed by atoms with Crippen molar-refractivity contribution in [3.05, 3.63) is 58.9 Å². The van der Waals surface area contributed by atoms with Crippen molar-refractivity contribution in [1.29, 1.82) is 0 Å². The van der Waals surface area contributed by atoms with Crippen LogP contribution in [0.1, 0.15) is 6.42 Å². The number of aromatic nitrogens is 3. The van der Waals surface area contributed by atoms with Crippen LogP contribution in [0.2, 0.25) is 0 Å². The molecule has 3 rings (SSSR count). The fraction of sp³-hybridized carbons (Fsp3) is 0.263. The van der Waals surface area contributed by atoms with E-state index >= 15 is 0 Å². The highest BCUT2D eigenvalue weighted by molar-refractivity contribution is 7.92. The monoisotopic (exact) mass is 432 g/mol. The zero-order valence-corrected chi connectivity index (χ0v) is 17.1. The smallest absolute Gasteiger partial charge is 0.327 e. The van der Waals surface area contributed by atoms with Crippen LogP contribution in [0.5, 0.6) is 5.75 Å². The number of carboxylic acid groups (broad SMARTS) is 1. The average molecular weight is 432 g/mol. The van der Waals surface area contributed by atoms with Gasteiger partial charge in [-0.2, -0.15) is 0 Å². The normalized spacial score (nSPS) is 12.5. The highest BCUT2D eigenvalue weighted by Gasteiger charge is 2.32. The number of aryl methyl sites for hydroxylation is 1. The van der Waals surface area contributed by atoms with E-state index in [9.17, 15) is 23.1 Å². The van der Waals surface area contributed by atoms with Gasteiger partial charge in [-0.05, 0) is 42.8 Å². The van der Waals surface area contributed by atoms with Crippen molar-refractivity contribution in [3.63, 3.8) is 0 Å². The third kappa shape index (κ3) is 4.40. The van der Waals surface area contributed by atoms with Crippen molar-refractivity contribution < 1.29 is 23.1 Å². The molecule has 0 aliphatic carbocycles. The predicted molar refractivity (Wildman–Crippen MR) is 110 cm³/mol. The van der Waals surface area contributed by atoms with Gasteiger partial charge in [0.2, 0.25) is 10.0 Å². The second-order valence-corrected chi connectivity index (χ2v) is 8.39. The Morgan fingerprint density at radius 3 is 2.47 bits per heavy atom. The molecule has 1 heterocycles. The van der Waals surface area contributed by atoms with Crippen LogP contribution in [0.25, 0.3) is 10.9 Å². The van der Waals surface area contributed by atoms with Crippen LogP contribution in [0.15, 0.2) is 53.3 Å². The second-order valence-electron chi connectivity index (χ2n) is 6.53. The van der Waals surface area contributed by atoms with Crippen molar-refractivity contribution in [1.82, 2.24) is 15.0 Å². The van der Waals surface area contributed by atoms with E-state index < -0.39 is 27.6 Å². The predicted octanol–water partition coefficient (Wildman–Crippen LogP) is 1.11. The van der Waals surface area contributed by atoms with Crippen LogP contribution in [0.3, 0.4) is 0 Å². The third-order valence-electron chi connectivity index (χ3n) is 4.50. The molecule has 158 valence electrons. The maximum absolute atomic E-state index is 12.6. The van der Waals surface area contributed by atoms with Gasteiger partial charge in [0.15, 0.2) is 0 Å². The molecule has 0 fully saturated rings. The molecular formula is C19H20N4O6S. The molecule has 1 aromatic heterocycles. The number of fused-ring (bicyclic) bond motifs is 1. The zero-order valence-electron chi connectivity index (χ0n) is 16.3. The first-order valence-electron chi connectivity index (χ1n) is 8.91. The van der Waals surface area contributed by atoms with E-state index in [-0.39, 0.29) is 18.7 Å². The van der Waals surface area contributed by atoms with Gasteiger partial charge in [-0.3, -0.25) is 9.10 Å². The van der Waals surface area contributed by atoms with Crippen LogP contribution in [-0.2, 0) is 21.4 Å². The van der Waals surface area contributed by atoms with E-state index in [1.807, 2.05) is 0 Å². The number of hydrogen-bond donors (Lipinski definition) is 1. The second kappa shape index (κ2) is 8.49. The third-order valence-corrected chi connectivity index (χ3v) is 5.68. The molecule has 0 aliphatic rings. The lowest BCUT2D eigenvalue weighted by Gasteiger charge is -2.29. The molecule has 2 aromatic carbocycles. The van der Waals surface area contributed by atoms with Gasteiger partial charge in [0.05, 0.1) is 24.4 Å². The molecule has 0 amide bonds. The topological polar surface area (TPSA) is 132 Å². The summed E-state index contributed by atoms with van der Waals surface area (Å²) < 4.78 is 31.7. The largest absolute Gasteiger partial charge is 0.497 e. The summed E-state index contributed by atoms with van der Waals surface area (Å²) in [5.41, 5.74) is 0.160. The van der Waals surface area contributed by atoms with Crippen LogP contribution < -0.4 is 14.6 Å². The number of nitrogens with zero attached hydrogens (tertiary/aromatic N) is 4. The molecule has 0 bridgehead atoms. The number of anilines is 1. The lowest BCUT2D eigenvalue weighted by molar-refractivity contribution is -0.138. The Balaban J connectivity index is 1.94. The van der Waals surface area contributed by atoms with E-state index in [1.54, 1.807) is 24.3 Å². The number of carbonyl (C=O) groups is 1. The molecule has 0 saturated carbocycles. The van der Waals surface area contributed by atoms with Crippen molar-refractivity contribution in [2.75, 3.05) is 17.7 Å². The van der Waals surface area contributed by atoms with Gasteiger partial charge in [-0.1, -0.05) is 17.3 Å². The molecule has 0 spiro atoms. The number of aliphatic carboxylic acids is 1. The molecule has 1 atom stereocenters. The maximum Gasteiger partial charge on any atom is 0.327 e. The Kier molecular flexibility index (Phi) is 6.01. The molecule has 10 nitrogen and oxygen atoms in total. The fourth-order valence-electron chi connectivity index (χ4n) is 3.09. The van der Waals surface area contributed by atoms with Crippen molar-refractivity contribution in [3.8, 4) is 5.75 Å². The van der Waals surface area contributed by atoms with Crippen LogP contribution >= 0.6 is 0 Å². The summed E-state index contributed by atoms with van der Waals surface area (Å²) in [5.74, 6) is -0.852. The molecule has 11 heteroatoms. The number of carboxylic acids is 1. The lowest BCUT2D eigenvalue weighted by Crippen LogP contribution is -2.46. The number of benzene rings is 2. The molecule has 0 aliphatic heterocycles. The van der Waals surface area contributed by atoms with Gasteiger partial charge in [0, 0.05) is 6.54 Å². The van der Waals surface area contributed by atoms with Crippen LogP contribution in [0, 0.1) is 0 Å². The Hall–Kier alpha value is -3.47. The van der Waals surface area contributed by atoms with Gasteiger partial charge < -0.3 is 9.84 Å². The summed E-state index contributed by atoms with van der Waals surface area (Å²) in [6.45, 7) is -0.129. The highest BCUT2D eigenvalue weighted by Crippen LogP contribution is 2.25. The number of sulfonamides is 1. The quantitative estimate of drug-likeness (QED) is 0.560. The highest BCUT2D eigenvalue weighted by atomic mass is 32.2. The summed E-state index contributed by atoms with van der Waals surface area (Å²) in [5, 5.41) is 17.9. The Labute approximate surface area is 172 Å². The molecule has 3 aromatic rings. The molecule has 0 saturated heterocycles. The summed E-state index contributed by atoms with van der Waals surface area (Å²) in [6, 6.07) is 11.2. The summed E-state index contributed by atoms with van der Waals surface area (Å²) in [7, 11) is -2.48. The Morgan fingerprint density at radius 2 is 1.87 bits per heavy atom. The van der Waals surface area contributed by atoms with Crippen molar-refractivity contribution >= 4 is 32.6 Å². The summed E-state index contributed by atoms with van der Waals surface area (Å²) in [6.07, 6.45) is 0.733. The van der Waals surface area contributed by atoms with E-state index in [4.69, 9.17) is 4.74 Å². The van der Waals surface area contributed by atoms with Gasteiger partial charge >= 0.3 is 5.97 Å². The van der Waals surface area contributed by atoms with Crippen LogP contribution in [0.4, 0.5) is 5.69 Å². The van der Waals surface area contributed by atoms with Crippen molar-refractivity contribution in [2.45, 2.75) is 19.0 Å². The first-order chi connectivity index (χ1) is 14.2. The zero-order chi connectivity index (χ0) is 21.9. The fourth-order valence-corrected chi connectivity index (χ4v) is 4.25. The van der Waals surface area contributed by atoms with Gasteiger partial charge in [-0.25, -0.2) is 17.9 Å². The Morgan fingerprint density at radius 1 is 1.20 bits per heavy atom. The molecule has 1 N–H and O–H groups in total. The van der Waals surface area contributed by atoms with Crippen molar-refractivity contribution in [2.24, 2.45) is 0 Å². The van der Waals surface area contributed by atoms with E-state index in [0.29, 0.717) is 16.7 Å². The number of rotatable bonds is 8. The first kappa shape index (κ1) is 21.2. The summed E-state index contributed by atoms with van der Waals surface area (Å²) >= 11 is 0. The number of hydrogen-bond acceptors (Lipinski definition) is 7. The SMILES string of the molecule is COc1ccc(N([C@H](CCn2nnc3ccccc3c2=O)C(=O)O)S(C)(=O)=O)cc1. The first-order valence-corrected chi connectivity index (χ1v) is 10.8. The standard InChI is InChI=1S/C19H20N4O6S/c1-29-14-9-7-13(8-10-14)23(30(2,27)28)17(19(25)26)11-12-22-18(24)15-5-3-4-6-16(15)20-21-22/h3-10,17H,11-12H2,1-2H3,(H,25,26)/t17-/m1/s1. The van der Waals surface area contributed by atoms with Gasteiger partial charge in [0.1, 0.15) is 17.3 Å². The minimum atomic E-state index is -3.94. The lowest BCUT2D eigenvalue weighted by atomic mass is 10.2. The van der Waals surface area contributed by atoms with E-state index in [2.05, 4.69) is 10.3 Å².